The minimum Gasteiger partial charge on any atom is -0.503 e. The van der Waals surface area contributed by atoms with Crippen molar-refractivity contribution in [3.8, 4) is 5.75 Å². The molecule has 0 spiro atoms. The second-order valence-electron chi connectivity index (χ2n) is 2.35. The number of nitrogens with two attached hydrogens (primary N) is 2. The molecule has 0 saturated carbocycles. The Morgan fingerprint density at radius 3 is 1.93 bits per heavy atom. The van der Waals surface area contributed by atoms with Crippen LogP contribution in [0.5, 0.6) is 5.75 Å². The molecule has 0 amide bonds. The maximum Gasteiger partial charge on any atom is 0.394 e. The van der Waals surface area contributed by atoms with E-state index in [0.717, 1.165) is 0 Å². The summed E-state index contributed by atoms with van der Waals surface area (Å²) < 4.78 is 31.6. The first-order valence-corrected chi connectivity index (χ1v) is 4.79. The van der Waals surface area contributed by atoms with Crippen molar-refractivity contribution in [1.82, 2.24) is 9.97 Å². The Bertz CT molecular complexity index is 414. The van der Waals surface area contributed by atoms with Gasteiger partial charge in [0.05, 0.1) is 5.69 Å². The fraction of sp³-hybridized carbons (Fsp3) is 0.200. The molecule has 1 aromatic rings. The van der Waals surface area contributed by atoms with Crippen molar-refractivity contribution in [3.63, 3.8) is 0 Å². The monoisotopic (exact) mass is 238 g/mol. The highest BCUT2D eigenvalue weighted by Gasteiger charge is 2.03. The van der Waals surface area contributed by atoms with E-state index in [1.807, 2.05) is 0 Å². The number of anilines is 2. The predicted molar refractivity (Wildman–Crippen MR) is 51.4 cm³/mol. The minimum atomic E-state index is -4.67. The summed E-state index contributed by atoms with van der Waals surface area (Å²) in [5, 5.41) is 9.03. The summed E-state index contributed by atoms with van der Waals surface area (Å²) in [5.74, 6) is -0.00741. The van der Waals surface area contributed by atoms with Crippen LogP contribution in [0.4, 0.5) is 11.8 Å². The lowest BCUT2D eigenvalue weighted by atomic mass is 10.4. The zero-order valence-corrected chi connectivity index (χ0v) is 8.43. The van der Waals surface area contributed by atoms with Crippen LogP contribution in [0.1, 0.15) is 5.69 Å². The molecule has 0 unspecified atom stereocenters. The highest BCUT2D eigenvalue weighted by molar-refractivity contribution is 7.79. The van der Waals surface area contributed by atoms with Crippen molar-refractivity contribution < 1.29 is 22.6 Å². The van der Waals surface area contributed by atoms with Gasteiger partial charge in [-0.05, 0) is 6.92 Å². The summed E-state index contributed by atoms with van der Waals surface area (Å²) in [5.41, 5.74) is 10.8. The fourth-order valence-electron chi connectivity index (χ4n) is 0.611. The lowest BCUT2D eigenvalue weighted by Crippen LogP contribution is -2.01. The van der Waals surface area contributed by atoms with Crippen LogP contribution in [0.3, 0.4) is 0 Å². The number of aromatic hydroxyl groups is 1. The number of hydrogen-bond donors (Lipinski definition) is 5. The SMILES string of the molecule is Cc1nc(N)nc(N)c1O.O=S(=O)(O)O. The van der Waals surface area contributed by atoms with Crippen molar-refractivity contribution in [3.05, 3.63) is 5.69 Å². The zero-order chi connectivity index (χ0) is 12.2. The Hall–Kier alpha value is -1.65. The molecule has 0 aromatic carbocycles. The van der Waals surface area contributed by atoms with Crippen molar-refractivity contribution in [1.29, 1.82) is 0 Å². The number of hydrogen-bond acceptors (Lipinski definition) is 7. The molecule has 0 aliphatic heterocycles. The first-order chi connectivity index (χ1) is 6.61. The van der Waals surface area contributed by atoms with E-state index in [-0.39, 0.29) is 17.5 Å². The topological polar surface area (TPSA) is 173 Å². The third kappa shape index (κ3) is 6.42. The molecule has 0 atom stereocenters. The van der Waals surface area contributed by atoms with E-state index < -0.39 is 10.4 Å². The van der Waals surface area contributed by atoms with E-state index in [2.05, 4.69) is 9.97 Å². The molecule has 0 aliphatic rings. The van der Waals surface area contributed by atoms with Crippen LogP contribution in [0, 0.1) is 6.92 Å². The van der Waals surface area contributed by atoms with E-state index in [4.69, 9.17) is 34.1 Å². The third-order valence-electron chi connectivity index (χ3n) is 1.10. The van der Waals surface area contributed by atoms with E-state index in [0.29, 0.717) is 5.69 Å². The van der Waals surface area contributed by atoms with E-state index in [1.54, 1.807) is 6.92 Å². The number of rotatable bonds is 0. The number of nitrogen functional groups attached to an aromatic ring is 2. The second kappa shape index (κ2) is 4.72. The van der Waals surface area contributed by atoms with Crippen LogP contribution < -0.4 is 11.5 Å². The van der Waals surface area contributed by atoms with Gasteiger partial charge in [-0.1, -0.05) is 0 Å². The molecular weight excluding hydrogens is 228 g/mol. The highest BCUT2D eigenvalue weighted by atomic mass is 32.3. The number of aryl methyl sites for hydroxylation is 1. The standard InChI is InChI=1S/C5H8N4O.H2O4S/c1-2-3(10)4(6)9-5(7)8-2;1-5(2,3)4/h10H,1H3,(H4,6,7,8,9);(H2,1,2,3,4). The lowest BCUT2D eigenvalue weighted by molar-refractivity contribution is 0.381. The molecule has 0 saturated heterocycles. The van der Waals surface area contributed by atoms with Crippen LogP contribution in [-0.4, -0.2) is 32.6 Å². The lowest BCUT2D eigenvalue weighted by Gasteiger charge is -2.00. The van der Waals surface area contributed by atoms with Crippen molar-refractivity contribution in [2.75, 3.05) is 11.5 Å². The Morgan fingerprint density at radius 2 is 1.60 bits per heavy atom. The molecule has 0 fully saturated rings. The minimum absolute atomic E-state index is 0.0185. The van der Waals surface area contributed by atoms with Crippen LogP contribution in [0.2, 0.25) is 0 Å². The molecule has 0 bridgehead atoms. The summed E-state index contributed by atoms with van der Waals surface area (Å²) >= 11 is 0. The Labute approximate surface area is 85.3 Å². The number of nitrogens with zero attached hydrogens (tertiary/aromatic N) is 2. The van der Waals surface area contributed by atoms with Crippen LogP contribution in [0.15, 0.2) is 0 Å². The molecule has 1 heterocycles. The van der Waals surface area contributed by atoms with Crippen molar-refractivity contribution in [2.24, 2.45) is 0 Å². The molecule has 15 heavy (non-hydrogen) atoms. The van der Waals surface area contributed by atoms with Gasteiger partial charge in [-0.3, -0.25) is 9.11 Å². The Kier molecular flexibility index (Phi) is 4.21. The van der Waals surface area contributed by atoms with Gasteiger partial charge in [-0.25, -0.2) is 4.98 Å². The summed E-state index contributed by atoms with van der Waals surface area (Å²) in [4.78, 5) is 7.20. The van der Waals surface area contributed by atoms with Gasteiger partial charge in [0.2, 0.25) is 5.95 Å². The molecule has 0 aliphatic carbocycles. The van der Waals surface area contributed by atoms with Crippen molar-refractivity contribution >= 4 is 22.2 Å². The average molecular weight is 238 g/mol. The average Bonchev–Trinajstić information content (AvgIpc) is 1.96. The predicted octanol–water partition coefficient (Wildman–Crippen LogP) is -0.998. The quantitative estimate of drug-likeness (QED) is 0.355. The molecular formula is C5H10N4O5S. The highest BCUT2D eigenvalue weighted by Crippen LogP contribution is 2.20. The van der Waals surface area contributed by atoms with Gasteiger partial charge in [0.15, 0.2) is 11.6 Å². The van der Waals surface area contributed by atoms with Crippen LogP contribution in [0.25, 0.3) is 0 Å². The maximum absolute atomic E-state index is 9.03. The molecule has 0 radical (unpaired) electrons. The van der Waals surface area contributed by atoms with Gasteiger partial charge in [-0.15, -0.1) is 0 Å². The molecule has 9 nitrogen and oxygen atoms in total. The molecule has 10 heteroatoms. The van der Waals surface area contributed by atoms with Gasteiger partial charge in [0, 0.05) is 0 Å². The van der Waals surface area contributed by atoms with Crippen LogP contribution >= 0.6 is 0 Å². The molecule has 1 aromatic heterocycles. The normalized spacial score (nSPS) is 10.3. The zero-order valence-electron chi connectivity index (χ0n) is 7.62. The smallest absolute Gasteiger partial charge is 0.394 e. The maximum atomic E-state index is 9.03. The van der Waals surface area contributed by atoms with Gasteiger partial charge < -0.3 is 16.6 Å². The van der Waals surface area contributed by atoms with Gasteiger partial charge in [-0.2, -0.15) is 13.4 Å². The summed E-state index contributed by atoms with van der Waals surface area (Å²) in [6.45, 7) is 1.60. The fourth-order valence-corrected chi connectivity index (χ4v) is 0.611. The first-order valence-electron chi connectivity index (χ1n) is 3.39. The molecule has 1 rings (SSSR count). The molecule has 7 N–H and O–H groups in total. The number of aromatic nitrogens is 2. The van der Waals surface area contributed by atoms with E-state index in [1.165, 1.54) is 0 Å². The van der Waals surface area contributed by atoms with Crippen LogP contribution in [-0.2, 0) is 10.4 Å². The largest absolute Gasteiger partial charge is 0.503 e. The third-order valence-corrected chi connectivity index (χ3v) is 1.10. The molecule has 86 valence electrons. The van der Waals surface area contributed by atoms with E-state index >= 15 is 0 Å². The van der Waals surface area contributed by atoms with E-state index in [9.17, 15) is 0 Å². The second-order valence-corrected chi connectivity index (χ2v) is 3.24. The first kappa shape index (κ1) is 13.4. The summed E-state index contributed by atoms with van der Waals surface area (Å²) in [6.07, 6.45) is 0. The van der Waals surface area contributed by atoms with Gasteiger partial charge >= 0.3 is 10.4 Å². The Morgan fingerprint density at radius 1 is 1.20 bits per heavy atom. The van der Waals surface area contributed by atoms with Gasteiger partial charge in [0.25, 0.3) is 0 Å². The Balaban J connectivity index is 0.000000336. The summed E-state index contributed by atoms with van der Waals surface area (Å²) in [6, 6.07) is 0. The summed E-state index contributed by atoms with van der Waals surface area (Å²) in [7, 11) is -4.67. The van der Waals surface area contributed by atoms with Gasteiger partial charge in [0.1, 0.15) is 0 Å². The van der Waals surface area contributed by atoms with Crippen molar-refractivity contribution in [2.45, 2.75) is 6.92 Å².